The number of carbonyl (C=O) groups is 3. The van der Waals surface area contributed by atoms with Crippen molar-refractivity contribution in [2.45, 2.75) is 193 Å². The van der Waals surface area contributed by atoms with Gasteiger partial charge in [0.05, 0.1) is 13.2 Å². The third-order valence-corrected chi connectivity index (χ3v) is 10.0. The molecule has 0 spiro atoms. The van der Waals surface area contributed by atoms with Crippen LogP contribution in [-0.4, -0.2) is 64.9 Å². The smallest absolute Gasteiger partial charge is 0.472 e. The predicted molar refractivity (Wildman–Crippen MR) is 226 cm³/mol. The molecule has 56 heavy (non-hydrogen) atoms. The zero-order valence-electron chi connectivity index (χ0n) is 34.9. The molecule has 0 heterocycles. The van der Waals surface area contributed by atoms with E-state index < -0.39 is 57.6 Å². The zero-order valence-corrected chi connectivity index (χ0v) is 35.8. The first-order valence-electron chi connectivity index (χ1n) is 21.7. The maximum Gasteiger partial charge on any atom is 0.472 e. The zero-order chi connectivity index (χ0) is 41.4. The first kappa shape index (κ1) is 53.4. The Kier molecular flexibility index (Phi) is 37.5. The summed E-state index contributed by atoms with van der Waals surface area (Å²) in [5, 5.41) is 21.8. The molecule has 0 radical (unpaired) electrons. The molecule has 1 amide bonds. The van der Waals surface area contributed by atoms with E-state index in [-0.39, 0.29) is 12.8 Å². The fraction of sp³-hybridized carbons (Fsp3) is 0.750. The topological polar surface area (TPSA) is 169 Å². The number of nitrogens with one attached hydrogen (secondary N) is 1. The Morgan fingerprint density at radius 1 is 0.571 bits per heavy atom. The molecule has 0 aromatic rings. The number of hydrogen-bond acceptors (Lipinski definition) is 8. The molecule has 0 aromatic carbocycles. The standard InChI is InChI=1S/C44H78NO10P/c1-3-5-7-9-11-13-15-16-17-18-19-20-21-22-23-24-26-27-29-31-33-35-42(47)45-41(44(49)50)39-55-56(51,52)54-38-40(46)37-53-43(48)36-34-32-30-28-25-14-12-10-8-6-4-2/h10-13,16-17,19-20,40-41,46H,3-9,14-15,18,21-39H2,1-2H3,(H,45,47)(H,49,50)(H,51,52)/b12-10-,13-11-,17-16-,20-19-. The SMILES string of the molecule is CCCC/C=C\CCCCCCCC(=O)OCC(O)COP(=O)(O)OCC(NC(=O)CCCCCCCCCC/C=C\C/C=C\C/C=C\CCCCC)C(=O)O. The lowest BCUT2D eigenvalue weighted by Gasteiger charge is -2.18. The number of carbonyl (C=O) groups excluding carboxylic acids is 2. The average Bonchev–Trinajstić information content (AvgIpc) is 3.17. The van der Waals surface area contributed by atoms with Gasteiger partial charge in [0.25, 0.3) is 0 Å². The van der Waals surface area contributed by atoms with Crippen molar-refractivity contribution in [1.29, 1.82) is 0 Å². The minimum Gasteiger partial charge on any atom is -0.480 e. The van der Waals surface area contributed by atoms with Gasteiger partial charge in [-0.05, 0) is 70.6 Å². The van der Waals surface area contributed by atoms with Gasteiger partial charge in [-0.2, -0.15) is 0 Å². The number of unbranched alkanes of at least 4 members (excludes halogenated alkanes) is 18. The Hall–Kier alpha value is -2.56. The van der Waals surface area contributed by atoms with Crippen molar-refractivity contribution in [3.63, 3.8) is 0 Å². The molecule has 3 atom stereocenters. The van der Waals surface area contributed by atoms with Gasteiger partial charge < -0.3 is 25.2 Å². The van der Waals surface area contributed by atoms with Gasteiger partial charge in [0, 0.05) is 12.8 Å². The summed E-state index contributed by atoms with van der Waals surface area (Å²) < 4.78 is 26.8. The quantitative estimate of drug-likeness (QED) is 0.0202. The van der Waals surface area contributed by atoms with E-state index >= 15 is 0 Å². The number of hydrogen-bond donors (Lipinski definition) is 4. The number of phosphoric acid groups is 1. The van der Waals surface area contributed by atoms with Crippen molar-refractivity contribution in [2.24, 2.45) is 0 Å². The molecular weight excluding hydrogens is 733 g/mol. The highest BCUT2D eigenvalue weighted by molar-refractivity contribution is 7.47. The molecule has 0 saturated carbocycles. The number of amides is 1. The molecule has 0 aliphatic rings. The number of aliphatic carboxylic acids is 1. The fourth-order valence-electron chi connectivity index (χ4n) is 5.65. The van der Waals surface area contributed by atoms with Crippen LogP contribution in [0.25, 0.3) is 0 Å². The highest BCUT2D eigenvalue weighted by Gasteiger charge is 2.28. The van der Waals surface area contributed by atoms with Crippen LogP contribution in [0.15, 0.2) is 48.6 Å². The summed E-state index contributed by atoms with van der Waals surface area (Å²) in [4.78, 5) is 45.8. The first-order chi connectivity index (χ1) is 27.1. The fourth-order valence-corrected chi connectivity index (χ4v) is 6.43. The maximum absolute atomic E-state index is 12.3. The van der Waals surface area contributed by atoms with Gasteiger partial charge in [0.2, 0.25) is 5.91 Å². The molecule has 324 valence electrons. The number of allylic oxidation sites excluding steroid dienone is 8. The van der Waals surface area contributed by atoms with Crippen molar-refractivity contribution < 1.29 is 47.8 Å². The van der Waals surface area contributed by atoms with E-state index in [0.29, 0.717) is 12.8 Å². The Morgan fingerprint density at radius 3 is 1.54 bits per heavy atom. The molecule has 11 nitrogen and oxygen atoms in total. The van der Waals surface area contributed by atoms with E-state index in [9.17, 15) is 34.1 Å². The first-order valence-corrected chi connectivity index (χ1v) is 23.2. The average molecular weight is 812 g/mol. The molecule has 0 aliphatic carbocycles. The van der Waals surface area contributed by atoms with E-state index in [0.717, 1.165) is 83.5 Å². The summed E-state index contributed by atoms with van der Waals surface area (Å²) in [5.41, 5.74) is 0. The molecule has 0 bridgehead atoms. The highest BCUT2D eigenvalue weighted by atomic mass is 31.2. The Bertz CT molecular complexity index is 1140. The molecule has 12 heteroatoms. The summed E-state index contributed by atoms with van der Waals surface area (Å²) in [6.45, 7) is 2.50. The number of aliphatic hydroxyl groups is 1. The third kappa shape index (κ3) is 38.3. The minimum absolute atomic E-state index is 0.135. The van der Waals surface area contributed by atoms with Crippen LogP contribution >= 0.6 is 7.82 Å². The lowest BCUT2D eigenvalue weighted by molar-refractivity contribution is -0.147. The number of carboxylic acid groups (broad SMARTS) is 1. The largest absolute Gasteiger partial charge is 0.480 e. The molecule has 0 saturated heterocycles. The Balaban J connectivity index is 3.93. The second-order valence-corrected chi connectivity index (χ2v) is 16.0. The van der Waals surface area contributed by atoms with Crippen LogP contribution in [0, 0.1) is 0 Å². The van der Waals surface area contributed by atoms with Crippen LogP contribution in [0.1, 0.15) is 181 Å². The molecule has 4 N–H and O–H groups in total. The van der Waals surface area contributed by atoms with Crippen molar-refractivity contribution in [1.82, 2.24) is 5.32 Å². The van der Waals surface area contributed by atoms with E-state index in [1.165, 1.54) is 57.8 Å². The van der Waals surface area contributed by atoms with Crippen LogP contribution in [0.2, 0.25) is 0 Å². The Morgan fingerprint density at radius 2 is 1.00 bits per heavy atom. The van der Waals surface area contributed by atoms with E-state index in [4.69, 9.17) is 13.8 Å². The van der Waals surface area contributed by atoms with Gasteiger partial charge in [-0.15, -0.1) is 0 Å². The second-order valence-electron chi connectivity index (χ2n) is 14.5. The molecule has 3 unspecified atom stereocenters. The molecule has 0 aromatic heterocycles. The summed E-state index contributed by atoms with van der Waals surface area (Å²) in [7, 11) is -4.76. The Labute approximate surface area is 339 Å². The lowest BCUT2D eigenvalue weighted by atomic mass is 10.1. The van der Waals surface area contributed by atoms with E-state index in [1.807, 2.05) is 0 Å². The normalized spacial score (nSPS) is 14.2. The van der Waals surface area contributed by atoms with Crippen molar-refractivity contribution in [2.75, 3.05) is 19.8 Å². The van der Waals surface area contributed by atoms with E-state index in [2.05, 4.69) is 67.8 Å². The minimum atomic E-state index is -4.76. The maximum atomic E-state index is 12.3. The predicted octanol–water partition coefficient (Wildman–Crippen LogP) is 11.0. The molecule has 0 rings (SSSR count). The summed E-state index contributed by atoms with van der Waals surface area (Å²) in [6.07, 6.45) is 42.8. The van der Waals surface area contributed by atoms with Gasteiger partial charge in [0.1, 0.15) is 12.7 Å². The number of esters is 1. The van der Waals surface area contributed by atoms with Crippen LogP contribution in [0.4, 0.5) is 0 Å². The number of aliphatic hydroxyl groups excluding tert-OH is 1. The highest BCUT2D eigenvalue weighted by Crippen LogP contribution is 2.43. The van der Waals surface area contributed by atoms with Gasteiger partial charge in [-0.25, -0.2) is 9.36 Å². The number of carboxylic acids is 1. The van der Waals surface area contributed by atoms with Gasteiger partial charge >= 0.3 is 19.8 Å². The second kappa shape index (κ2) is 39.3. The van der Waals surface area contributed by atoms with Gasteiger partial charge in [0.15, 0.2) is 6.04 Å². The number of rotatable bonds is 40. The molecule has 0 fully saturated rings. The van der Waals surface area contributed by atoms with E-state index in [1.54, 1.807) is 0 Å². The van der Waals surface area contributed by atoms with Crippen LogP contribution in [0.5, 0.6) is 0 Å². The van der Waals surface area contributed by atoms with Crippen molar-refractivity contribution in [3.8, 4) is 0 Å². The molecule has 0 aliphatic heterocycles. The van der Waals surface area contributed by atoms with Crippen molar-refractivity contribution >= 4 is 25.7 Å². The van der Waals surface area contributed by atoms with Crippen LogP contribution < -0.4 is 5.32 Å². The summed E-state index contributed by atoms with van der Waals surface area (Å²) >= 11 is 0. The summed E-state index contributed by atoms with van der Waals surface area (Å²) in [5.74, 6) is -2.40. The number of ether oxygens (including phenoxy) is 1. The third-order valence-electron chi connectivity index (χ3n) is 9.09. The van der Waals surface area contributed by atoms with Crippen molar-refractivity contribution in [3.05, 3.63) is 48.6 Å². The number of phosphoric ester groups is 1. The van der Waals surface area contributed by atoms with Gasteiger partial charge in [-0.3, -0.25) is 18.6 Å². The molecular formula is C44H78NO10P. The summed E-state index contributed by atoms with van der Waals surface area (Å²) in [6, 6.07) is -1.55. The monoisotopic (exact) mass is 812 g/mol. The lowest BCUT2D eigenvalue weighted by Crippen LogP contribution is -2.43. The van der Waals surface area contributed by atoms with Crippen LogP contribution in [0.3, 0.4) is 0 Å². The van der Waals surface area contributed by atoms with Crippen LogP contribution in [-0.2, 0) is 32.7 Å². The van der Waals surface area contributed by atoms with Gasteiger partial charge in [-0.1, -0.05) is 146 Å².